The van der Waals surface area contributed by atoms with Crippen molar-refractivity contribution >= 4 is 32.5 Å². The number of rotatable bonds is 5. The maximum atomic E-state index is 12.3. The molecule has 0 aliphatic heterocycles. The quantitative estimate of drug-likeness (QED) is 0.584. The predicted octanol–water partition coefficient (Wildman–Crippen LogP) is 2.38. The molecule has 0 saturated heterocycles. The van der Waals surface area contributed by atoms with Gasteiger partial charge in [-0.3, -0.25) is 9.36 Å². The first-order chi connectivity index (χ1) is 11.7. The standard InChI is InChI=1S/C17H15N3O3S/c21-11(8-20-10-19-16-13(17(20)22)5-7-24-16)9-23-15-3-1-2-14-12(15)4-6-18-14/h1-7,10-11,18,21H,8-9H2. The van der Waals surface area contributed by atoms with Crippen molar-refractivity contribution in [3.8, 4) is 5.75 Å². The Balaban J connectivity index is 1.48. The van der Waals surface area contributed by atoms with Gasteiger partial charge in [-0.25, -0.2) is 4.98 Å². The molecule has 6 nitrogen and oxygen atoms in total. The third-order valence-electron chi connectivity index (χ3n) is 3.84. The summed E-state index contributed by atoms with van der Waals surface area (Å²) in [6.07, 6.45) is 2.50. The molecule has 1 aromatic carbocycles. The zero-order chi connectivity index (χ0) is 16.5. The van der Waals surface area contributed by atoms with Crippen molar-refractivity contribution in [2.45, 2.75) is 12.6 Å². The Kier molecular flexibility index (Phi) is 3.79. The normalized spacial score (nSPS) is 12.7. The fourth-order valence-electron chi connectivity index (χ4n) is 2.67. The summed E-state index contributed by atoms with van der Waals surface area (Å²) in [5.41, 5.74) is 0.832. The number of nitrogens with zero attached hydrogens (tertiary/aromatic N) is 2. The second-order valence-electron chi connectivity index (χ2n) is 5.50. The third-order valence-corrected chi connectivity index (χ3v) is 4.66. The van der Waals surface area contributed by atoms with Gasteiger partial charge in [-0.2, -0.15) is 0 Å². The van der Waals surface area contributed by atoms with Gasteiger partial charge in [-0.1, -0.05) is 6.07 Å². The van der Waals surface area contributed by atoms with E-state index in [4.69, 9.17) is 4.74 Å². The van der Waals surface area contributed by atoms with Crippen LogP contribution in [-0.4, -0.2) is 32.4 Å². The average Bonchev–Trinajstić information content (AvgIpc) is 3.24. The Morgan fingerprint density at radius 3 is 3.12 bits per heavy atom. The molecule has 4 aromatic rings. The lowest BCUT2D eigenvalue weighted by molar-refractivity contribution is 0.0922. The molecule has 1 atom stereocenters. The molecule has 4 rings (SSSR count). The molecule has 0 aliphatic carbocycles. The van der Waals surface area contributed by atoms with Crippen molar-refractivity contribution in [1.29, 1.82) is 0 Å². The SMILES string of the molecule is O=c1c2ccsc2ncn1CC(O)COc1cccc2[nH]ccc12. The number of aromatic amines is 1. The predicted molar refractivity (Wildman–Crippen MR) is 93.7 cm³/mol. The van der Waals surface area contributed by atoms with Crippen molar-refractivity contribution < 1.29 is 9.84 Å². The van der Waals surface area contributed by atoms with E-state index < -0.39 is 6.10 Å². The van der Waals surface area contributed by atoms with Gasteiger partial charge in [0.25, 0.3) is 5.56 Å². The number of fused-ring (bicyclic) bond motifs is 2. The van der Waals surface area contributed by atoms with Crippen LogP contribution in [0.2, 0.25) is 0 Å². The molecule has 24 heavy (non-hydrogen) atoms. The molecule has 0 amide bonds. The van der Waals surface area contributed by atoms with Crippen molar-refractivity contribution in [1.82, 2.24) is 14.5 Å². The van der Waals surface area contributed by atoms with E-state index in [-0.39, 0.29) is 18.7 Å². The maximum Gasteiger partial charge on any atom is 0.262 e. The Hall–Kier alpha value is -2.64. The van der Waals surface area contributed by atoms with Crippen LogP contribution in [0.3, 0.4) is 0 Å². The second kappa shape index (κ2) is 6.10. The highest BCUT2D eigenvalue weighted by atomic mass is 32.1. The van der Waals surface area contributed by atoms with E-state index in [0.29, 0.717) is 16.0 Å². The minimum absolute atomic E-state index is 0.0956. The van der Waals surface area contributed by atoms with Gasteiger partial charge in [0.2, 0.25) is 0 Å². The van der Waals surface area contributed by atoms with Crippen LogP contribution >= 0.6 is 11.3 Å². The molecular weight excluding hydrogens is 326 g/mol. The molecule has 1 unspecified atom stereocenters. The molecule has 2 N–H and O–H groups in total. The van der Waals surface area contributed by atoms with Crippen molar-refractivity contribution in [3.05, 3.63) is 58.6 Å². The molecule has 3 heterocycles. The van der Waals surface area contributed by atoms with Gasteiger partial charge in [0.05, 0.1) is 18.3 Å². The molecule has 0 saturated carbocycles. The molecule has 0 radical (unpaired) electrons. The molecule has 3 aromatic heterocycles. The molecule has 0 spiro atoms. The zero-order valence-corrected chi connectivity index (χ0v) is 13.5. The fourth-order valence-corrected chi connectivity index (χ4v) is 3.39. The lowest BCUT2D eigenvalue weighted by Crippen LogP contribution is -2.30. The summed E-state index contributed by atoms with van der Waals surface area (Å²) in [4.78, 5) is 20.4. The lowest BCUT2D eigenvalue weighted by Gasteiger charge is -2.14. The van der Waals surface area contributed by atoms with Crippen LogP contribution in [0.15, 0.2) is 53.0 Å². The van der Waals surface area contributed by atoms with Gasteiger partial charge in [0, 0.05) is 17.1 Å². The van der Waals surface area contributed by atoms with Crippen molar-refractivity contribution in [2.24, 2.45) is 0 Å². The summed E-state index contributed by atoms with van der Waals surface area (Å²) in [6.45, 7) is 0.235. The van der Waals surface area contributed by atoms with E-state index in [1.807, 2.05) is 35.8 Å². The van der Waals surface area contributed by atoms with Gasteiger partial charge in [0.15, 0.2) is 0 Å². The number of H-pyrrole nitrogens is 1. The summed E-state index contributed by atoms with van der Waals surface area (Å²) < 4.78 is 7.14. The first-order valence-electron chi connectivity index (χ1n) is 7.52. The van der Waals surface area contributed by atoms with Gasteiger partial charge < -0.3 is 14.8 Å². The number of thiophene rings is 1. The fraction of sp³-hybridized carbons (Fsp3) is 0.176. The number of ether oxygens (including phenoxy) is 1. The monoisotopic (exact) mass is 341 g/mol. The number of aromatic nitrogens is 3. The van der Waals surface area contributed by atoms with Gasteiger partial charge in [0.1, 0.15) is 23.3 Å². The van der Waals surface area contributed by atoms with Gasteiger partial charge in [-0.15, -0.1) is 11.3 Å². The first kappa shape index (κ1) is 14.9. The number of aliphatic hydroxyl groups excluding tert-OH is 1. The number of aliphatic hydroxyl groups is 1. The van der Waals surface area contributed by atoms with E-state index in [0.717, 1.165) is 10.9 Å². The van der Waals surface area contributed by atoms with E-state index in [9.17, 15) is 9.90 Å². The minimum atomic E-state index is -0.810. The van der Waals surface area contributed by atoms with Crippen LogP contribution < -0.4 is 10.3 Å². The van der Waals surface area contributed by atoms with Crippen LogP contribution in [0.4, 0.5) is 0 Å². The van der Waals surface area contributed by atoms with Crippen LogP contribution in [-0.2, 0) is 6.54 Å². The average molecular weight is 341 g/mol. The third kappa shape index (κ3) is 2.68. The second-order valence-corrected chi connectivity index (χ2v) is 6.40. The highest BCUT2D eigenvalue weighted by Crippen LogP contribution is 2.24. The van der Waals surface area contributed by atoms with Crippen LogP contribution in [0.25, 0.3) is 21.1 Å². The molecule has 122 valence electrons. The van der Waals surface area contributed by atoms with E-state index in [1.165, 1.54) is 22.2 Å². The molecular formula is C17H15N3O3S. The molecule has 0 fully saturated rings. The number of hydrogen-bond acceptors (Lipinski definition) is 5. The Morgan fingerprint density at radius 2 is 2.21 bits per heavy atom. The summed E-state index contributed by atoms with van der Waals surface area (Å²) in [5, 5.41) is 13.6. The highest BCUT2D eigenvalue weighted by molar-refractivity contribution is 7.16. The van der Waals surface area contributed by atoms with Gasteiger partial charge >= 0.3 is 0 Å². The highest BCUT2D eigenvalue weighted by Gasteiger charge is 2.11. The summed E-state index contributed by atoms with van der Waals surface area (Å²) >= 11 is 1.42. The Labute approximate surface area is 141 Å². The number of nitrogens with one attached hydrogen (secondary N) is 1. The number of hydrogen-bond donors (Lipinski definition) is 2. The first-order valence-corrected chi connectivity index (χ1v) is 8.40. The smallest absolute Gasteiger partial charge is 0.262 e. The summed E-state index contributed by atoms with van der Waals surface area (Å²) in [5.74, 6) is 0.701. The summed E-state index contributed by atoms with van der Waals surface area (Å²) in [7, 11) is 0. The van der Waals surface area contributed by atoms with E-state index in [2.05, 4.69) is 9.97 Å². The van der Waals surface area contributed by atoms with Crippen molar-refractivity contribution in [2.75, 3.05) is 6.61 Å². The maximum absolute atomic E-state index is 12.3. The van der Waals surface area contributed by atoms with Crippen LogP contribution in [0.1, 0.15) is 0 Å². The largest absolute Gasteiger partial charge is 0.490 e. The Morgan fingerprint density at radius 1 is 1.29 bits per heavy atom. The topological polar surface area (TPSA) is 80.1 Å². The minimum Gasteiger partial charge on any atom is -0.490 e. The zero-order valence-electron chi connectivity index (χ0n) is 12.7. The summed E-state index contributed by atoms with van der Waals surface area (Å²) in [6, 6.07) is 9.38. The molecule has 0 aliphatic rings. The molecule has 7 heteroatoms. The van der Waals surface area contributed by atoms with Gasteiger partial charge in [-0.05, 0) is 29.6 Å². The molecule has 0 bridgehead atoms. The van der Waals surface area contributed by atoms with Crippen LogP contribution in [0.5, 0.6) is 5.75 Å². The lowest BCUT2D eigenvalue weighted by atomic mass is 10.2. The van der Waals surface area contributed by atoms with E-state index in [1.54, 1.807) is 6.07 Å². The van der Waals surface area contributed by atoms with Crippen LogP contribution in [0, 0.1) is 0 Å². The van der Waals surface area contributed by atoms with E-state index >= 15 is 0 Å². The number of benzene rings is 1. The Bertz CT molecular complexity index is 1050. The van der Waals surface area contributed by atoms with Crippen molar-refractivity contribution in [3.63, 3.8) is 0 Å².